The Morgan fingerprint density at radius 2 is 2.00 bits per heavy atom. The van der Waals surface area contributed by atoms with E-state index in [1.165, 1.54) is 31.0 Å². The first-order chi connectivity index (χ1) is 12.1. The molecule has 0 aromatic heterocycles. The van der Waals surface area contributed by atoms with E-state index in [1.54, 1.807) is 0 Å². The van der Waals surface area contributed by atoms with Crippen molar-refractivity contribution in [2.75, 3.05) is 0 Å². The van der Waals surface area contributed by atoms with Crippen LogP contribution in [0.5, 0.6) is 5.75 Å². The van der Waals surface area contributed by atoms with Gasteiger partial charge >= 0.3 is 0 Å². The van der Waals surface area contributed by atoms with E-state index in [-0.39, 0.29) is 18.1 Å². The fourth-order valence-electron chi connectivity index (χ4n) is 3.71. The molecule has 0 spiro atoms. The Kier molecular flexibility index (Phi) is 4.69. The SMILES string of the molecule is C[C@H]1Oc2ccccc2C=C1/C=C1\SC(=S)N(C2CCCCC2)C1=O. The quantitative estimate of drug-likeness (QED) is 0.545. The lowest BCUT2D eigenvalue weighted by atomic mass is 9.94. The highest BCUT2D eigenvalue weighted by Gasteiger charge is 2.37. The summed E-state index contributed by atoms with van der Waals surface area (Å²) >= 11 is 6.94. The molecular formula is C20H21NO2S2. The molecule has 1 saturated heterocycles. The van der Waals surface area contributed by atoms with Crippen LogP contribution in [-0.4, -0.2) is 27.3 Å². The van der Waals surface area contributed by atoms with Gasteiger partial charge in [0.25, 0.3) is 5.91 Å². The Bertz CT molecular complexity index is 778. The minimum atomic E-state index is -0.0758. The maximum absolute atomic E-state index is 12.9. The maximum atomic E-state index is 12.9. The van der Waals surface area contributed by atoms with Crippen LogP contribution in [0.3, 0.4) is 0 Å². The number of amides is 1. The summed E-state index contributed by atoms with van der Waals surface area (Å²) in [7, 11) is 0. The van der Waals surface area contributed by atoms with Gasteiger partial charge in [0, 0.05) is 11.6 Å². The predicted molar refractivity (Wildman–Crippen MR) is 107 cm³/mol. The number of nitrogens with zero attached hydrogens (tertiary/aromatic N) is 1. The number of rotatable bonds is 2. The maximum Gasteiger partial charge on any atom is 0.266 e. The van der Waals surface area contributed by atoms with Crippen molar-refractivity contribution >= 4 is 40.3 Å². The number of thiocarbonyl (C=S) groups is 1. The number of para-hydroxylation sites is 1. The first-order valence-corrected chi connectivity index (χ1v) is 10.1. The molecule has 4 rings (SSSR count). The van der Waals surface area contributed by atoms with Crippen LogP contribution < -0.4 is 4.74 Å². The number of hydrogen-bond acceptors (Lipinski definition) is 4. The fraction of sp³-hybridized carbons (Fsp3) is 0.400. The van der Waals surface area contributed by atoms with E-state index in [0.717, 1.165) is 34.6 Å². The van der Waals surface area contributed by atoms with Gasteiger partial charge in [-0.3, -0.25) is 9.69 Å². The zero-order chi connectivity index (χ0) is 17.4. The Labute approximate surface area is 158 Å². The average Bonchev–Trinajstić information content (AvgIpc) is 2.90. The van der Waals surface area contributed by atoms with Gasteiger partial charge in [-0.25, -0.2) is 0 Å². The lowest BCUT2D eigenvalue weighted by Crippen LogP contribution is -2.39. The number of carbonyl (C=O) groups is 1. The van der Waals surface area contributed by atoms with Gasteiger partial charge in [-0.1, -0.05) is 61.4 Å². The number of fused-ring (bicyclic) bond motifs is 1. The van der Waals surface area contributed by atoms with Crippen molar-refractivity contribution in [3.8, 4) is 5.75 Å². The summed E-state index contributed by atoms with van der Waals surface area (Å²) in [4.78, 5) is 15.5. The van der Waals surface area contributed by atoms with Crippen LogP contribution in [0.25, 0.3) is 6.08 Å². The third-order valence-electron chi connectivity index (χ3n) is 5.08. The number of thioether (sulfide) groups is 1. The van der Waals surface area contributed by atoms with E-state index in [0.29, 0.717) is 4.32 Å². The van der Waals surface area contributed by atoms with Crippen LogP contribution in [0.1, 0.15) is 44.6 Å². The average molecular weight is 372 g/mol. The summed E-state index contributed by atoms with van der Waals surface area (Å²) in [6.45, 7) is 2.01. The lowest BCUT2D eigenvalue weighted by Gasteiger charge is -2.29. The van der Waals surface area contributed by atoms with E-state index in [4.69, 9.17) is 17.0 Å². The van der Waals surface area contributed by atoms with E-state index >= 15 is 0 Å². The monoisotopic (exact) mass is 371 g/mol. The molecule has 3 aliphatic rings. The van der Waals surface area contributed by atoms with Crippen LogP contribution in [0.15, 0.2) is 40.8 Å². The van der Waals surface area contributed by atoms with Crippen molar-refractivity contribution in [2.45, 2.75) is 51.2 Å². The zero-order valence-corrected chi connectivity index (χ0v) is 15.9. The summed E-state index contributed by atoms with van der Waals surface area (Å²) in [5.74, 6) is 0.954. The summed E-state index contributed by atoms with van der Waals surface area (Å²) in [6, 6.07) is 8.25. The highest BCUT2D eigenvalue weighted by molar-refractivity contribution is 8.26. The molecule has 5 heteroatoms. The van der Waals surface area contributed by atoms with Crippen LogP contribution in [0.2, 0.25) is 0 Å². The minimum absolute atomic E-state index is 0.0638. The molecule has 130 valence electrons. The Morgan fingerprint density at radius 3 is 2.80 bits per heavy atom. The number of ether oxygens (including phenoxy) is 1. The zero-order valence-electron chi connectivity index (χ0n) is 14.2. The minimum Gasteiger partial charge on any atom is -0.485 e. The number of benzene rings is 1. The second-order valence-electron chi connectivity index (χ2n) is 6.79. The highest BCUT2D eigenvalue weighted by atomic mass is 32.2. The van der Waals surface area contributed by atoms with Crippen molar-refractivity contribution in [3.63, 3.8) is 0 Å². The molecule has 0 bridgehead atoms. The Balaban J connectivity index is 1.60. The van der Waals surface area contributed by atoms with E-state index < -0.39 is 0 Å². The van der Waals surface area contributed by atoms with Crippen molar-refractivity contribution < 1.29 is 9.53 Å². The van der Waals surface area contributed by atoms with Crippen LogP contribution in [0.4, 0.5) is 0 Å². The Hall–Kier alpha value is -1.59. The summed E-state index contributed by atoms with van der Waals surface area (Å²) in [6.07, 6.45) is 9.76. The number of hydrogen-bond donors (Lipinski definition) is 0. The molecule has 1 aliphatic carbocycles. The predicted octanol–water partition coefficient (Wildman–Crippen LogP) is 4.93. The molecule has 3 nitrogen and oxygen atoms in total. The molecule has 2 heterocycles. The van der Waals surface area contributed by atoms with Gasteiger partial charge in [0.1, 0.15) is 16.2 Å². The molecule has 1 atom stereocenters. The first kappa shape index (κ1) is 16.9. The van der Waals surface area contributed by atoms with Gasteiger partial charge in [0.2, 0.25) is 0 Å². The topological polar surface area (TPSA) is 29.5 Å². The summed E-state index contributed by atoms with van der Waals surface area (Å²) in [5.41, 5.74) is 2.07. The van der Waals surface area contributed by atoms with E-state index in [2.05, 4.69) is 6.08 Å². The summed E-state index contributed by atoms with van der Waals surface area (Å²) in [5, 5.41) is 0. The normalized spacial score (nSPS) is 25.8. The van der Waals surface area contributed by atoms with E-state index in [9.17, 15) is 4.79 Å². The van der Waals surface area contributed by atoms with Crippen molar-refractivity contribution in [2.24, 2.45) is 0 Å². The smallest absolute Gasteiger partial charge is 0.266 e. The Morgan fingerprint density at radius 1 is 1.24 bits per heavy atom. The van der Waals surface area contributed by atoms with Crippen LogP contribution in [-0.2, 0) is 4.79 Å². The summed E-state index contributed by atoms with van der Waals surface area (Å²) < 4.78 is 6.68. The number of carbonyl (C=O) groups excluding carboxylic acids is 1. The molecular weight excluding hydrogens is 350 g/mol. The van der Waals surface area contributed by atoms with Gasteiger partial charge in [-0.15, -0.1) is 0 Å². The van der Waals surface area contributed by atoms with Crippen molar-refractivity contribution in [1.29, 1.82) is 0 Å². The standard InChI is InChI=1S/C20H21NO2S2/c1-13-15(11-14-7-5-6-10-17(14)23-13)12-18-19(22)21(20(24)25-18)16-8-3-2-4-9-16/h5-7,10-13,16H,2-4,8-9H2,1H3/b18-12-/t13-/m1/s1. The van der Waals surface area contributed by atoms with Gasteiger partial charge < -0.3 is 4.74 Å². The van der Waals surface area contributed by atoms with Gasteiger partial charge in [0.15, 0.2) is 0 Å². The molecule has 0 radical (unpaired) electrons. The lowest BCUT2D eigenvalue weighted by molar-refractivity contribution is -0.124. The third-order valence-corrected chi connectivity index (χ3v) is 6.41. The van der Waals surface area contributed by atoms with Gasteiger partial charge in [-0.05, 0) is 43.6 Å². The molecule has 1 aromatic carbocycles. The van der Waals surface area contributed by atoms with Crippen molar-refractivity contribution in [3.05, 3.63) is 46.4 Å². The van der Waals surface area contributed by atoms with Gasteiger partial charge in [0.05, 0.1) is 4.91 Å². The molecule has 0 unspecified atom stereocenters. The second kappa shape index (κ2) is 6.96. The molecule has 1 amide bonds. The van der Waals surface area contributed by atoms with Crippen LogP contribution in [0, 0.1) is 0 Å². The highest BCUT2D eigenvalue weighted by Crippen LogP contribution is 2.38. The molecule has 2 fully saturated rings. The second-order valence-corrected chi connectivity index (χ2v) is 8.46. The third kappa shape index (κ3) is 3.27. The van der Waals surface area contributed by atoms with Gasteiger partial charge in [-0.2, -0.15) is 0 Å². The molecule has 1 saturated carbocycles. The molecule has 2 aliphatic heterocycles. The van der Waals surface area contributed by atoms with Crippen LogP contribution >= 0.6 is 24.0 Å². The van der Waals surface area contributed by atoms with Crippen molar-refractivity contribution in [1.82, 2.24) is 4.90 Å². The van der Waals surface area contributed by atoms with E-state index in [1.807, 2.05) is 42.2 Å². The molecule has 1 aromatic rings. The fourth-order valence-corrected chi connectivity index (χ4v) is 5.11. The largest absolute Gasteiger partial charge is 0.485 e. The molecule has 0 N–H and O–H groups in total. The first-order valence-electron chi connectivity index (χ1n) is 8.88. The molecule has 25 heavy (non-hydrogen) atoms.